The molecular weight excluding hydrogens is 254 g/mol. The summed E-state index contributed by atoms with van der Waals surface area (Å²) in [5.74, 6) is 2.00. The van der Waals surface area contributed by atoms with Crippen molar-refractivity contribution in [1.82, 2.24) is 4.90 Å². The number of fused-ring (bicyclic) bond motifs is 3. The summed E-state index contributed by atoms with van der Waals surface area (Å²) in [6.07, 6.45) is 3.87. The SMILES string of the molecule is COc1ccc(OC)c(/C=C2/[C@H](O)C3CCN2CC3)c1. The second-order valence-electron chi connectivity index (χ2n) is 5.45. The lowest BCUT2D eigenvalue weighted by molar-refractivity contribution is 0.0215. The Labute approximate surface area is 119 Å². The smallest absolute Gasteiger partial charge is 0.126 e. The summed E-state index contributed by atoms with van der Waals surface area (Å²) in [5, 5.41) is 10.4. The van der Waals surface area contributed by atoms with Crippen molar-refractivity contribution in [2.24, 2.45) is 5.92 Å². The Hall–Kier alpha value is -1.68. The number of aliphatic hydroxyl groups is 1. The molecule has 0 unspecified atom stereocenters. The molecular formula is C16H21NO3. The maximum Gasteiger partial charge on any atom is 0.126 e. The molecule has 0 amide bonds. The van der Waals surface area contributed by atoms with E-state index in [-0.39, 0.29) is 6.10 Å². The van der Waals surface area contributed by atoms with E-state index in [1.54, 1.807) is 14.2 Å². The van der Waals surface area contributed by atoms with Crippen LogP contribution in [-0.2, 0) is 0 Å². The topological polar surface area (TPSA) is 41.9 Å². The molecule has 3 fully saturated rings. The van der Waals surface area contributed by atoms with Crippen LogP contribution in [0.25, 0.3) is 6.08 Å². The molecule has 3 aliphatic rings. The maximum absolute atomic E-state index is 10.4. The minimum absolute atomic E-state index is 0.353. The van der Waals surface area contributed by atoms with Crippen LogP contribution in [0.3, 0.4) is 0 Å². The lowest BCUT2D eigenvalue weighted by Crippen LogP contribution is -2.48. The monoisotopic (exact) mass is 275 g/mol. The standard InChI is InChI=1S/C16H21NO3/c1-19-13-3-4-15(20-2)12(9-13)10-14-16(18)11-5-7-17(14)8-6-11/h3-4,9-11,16,18H,5-8H2,1-2H3/b14-10-/t16-/m1/s1. The van der Waals surface area contributed by atoms with E-state index in [9.17, 15) is 5.11 Å². The minimum Gasteiger partial charge on any atom is -0.497 e. The van der Waals surface area contributed by atoms with Crippen LogP contribution in [0.15, 0.2) is 23.9 Å². The number of ether oxygens (including phenoxy) is 2. The van der Waals surface area contributed by atoms with Crippen LogP contribution in [0.4, 0.5) is 0 Å². The summed E-state index contributed by atoms with van der Waals surface area (Å²) in [4.78, 5) is 2.28. The molecule has 1 aromatic carbocycles. The van der Waals surface area contributed by atoms with E-state index in [2.05, 4.69) is 4.90 Å². The highest BCUT2D eigenvalue weighted by Gasteiger charge is 2.36. The van der Waals surface area contributed by atoms with E-state index in [0.29, 0.717) is 5.92 Å². The third kappa shape index (κ3) is 2.24. The fourth-order valence-corrected chi connectivity index (χ4v) is 3.19. The number of piperidine rings is 3. The molecule has 4 heteroatoms. The Morgan fingerprint density at radius 3 is 2.55 bits per heavy atom. The summed E-state index contributed by atoms with van der Waals surface area (Å²) in [5.41, 5.74) is 1.97. The highest BCUT2D eigenvalue weighted by molar-refractivity contribution is 5.62. The summed E-state index contributed by atoms with van der Waals surface area (Å²) in [6.45, 7) is 2.08. The number of aliphatic hydroxyl groups excluding tert-OH is 1. The molecule has 0 saturated carbocycles. The Balaban J connectivity index is 1.98. The molecule has 0 aromatic heterocycles. The largest absolute Gasteiger partial charge is 0.497 e. The van der Waals surface area contributed by atoms with E-state index >= 15 is 0 Å². The first-order valence-electron chi connectivity index (χ1n) is 7.09. The van der Waals surface area contributed by atoms with Crippen molar-refractivity contribution in [3.63, 3.8) is 0 Å². The molecule has 1 N–H and O–H groups in total. The quantitative estimate of drug-likeness (QED) is 0.917. The van der Waals surface area contributed by atoms with Crippen molar-refractivity contribution in [2.75, 3.05) is 27.3 Å². The number of hydrogen-bond donors (Lipinski definition) is 1. The van der Waals surface area contributed by atoms with Gasteiger partial charge in [-0.1, -0.05) is 0 Å². The zero-order valence-electron chi connectivity index (χ0n) is 12.0. The molecule has 3 aliphatic heterocycles. The van der Waals surface area contributed by atoms with Crippen LogP contribution in [0, 0.1) is 5.92 Å². The maximum atomic E-state index is 10.4. The second-order valence-corrected chi connectivity index (χ2v) is 5.45. The van der Waals surface area contributed by atoms with Crippen molar-refractivity contribution in [2.45, 2.75) is 18.9 Å². The van der Waals surface area contributed by atoms with Crippen LogP contribution < -0.4 is 9.47 Å². The first kappa shape index (κ1) is 13.3. The van der Waals surface area contributed by atoms with Gasteiger partial charge >= 0.3 is 0 Å². The molecule has 0 aliphatic carbocycles. The molecule has 3 heterocycles. The van der Waals surface area contributed by atoms with E-state index < -0.39 is 0 Å². The predicted molar refractivity (Wildman–Crippen MR) is 77.8 cm³/mol. The first-order chi connectivity index (χ1) is 9.72. The van der Waals surface area contributed by atoms with Gasteiger partial charge in [0.2, 0.25) is 0 Å². The van der Waals surface area contributed by atoms with Gasteiger partial charge in [-0.25, -0.2) is 0 Å². The average Bonchev–Trinajstić information content (AvgIpc) is 2.51. The molecule has 2 bridgehead atoms. The highest BCUT2D eigenvalue weighted by atomic mass is 16.5. The lowest BCUT2D eigenvalue weighted by atomic mass is 9.83. The Morgan fingerprint density at radius 1 is 1.20 bits per heavy atom. The molecule has 1 aromatic rings. The zero-order chi connectivity index (χ0) is 14.1. The summed E-state index contributed by atoms with van der Waals surface area (Å²) in [6, 6.07) is 5.72. The van der Waals surface area contributed by atoms with Crippen LogP contribution in [0.2, 0.25) is 0 Å². The number of benzene rings is 1. The van der Waals surface area contributed by atoms with Crippen molar-refractivity contribution >= 4 is 6.08 Å². The Morgan fingerprint density at radius 2 is 1.95 bits per heavy atom. The number of methoxy groups -OCH3 is 2. The average molecular weight is 275 g/mol. The molecule has 4 nitrogen and oxygen atoms in total. The van der Waals surface area contributed by atoms with Crippen LogP contribution >= 0.6 is 0 Å². The van der Waals surface area contributed by atoms with E-state index in [0.717, 1.165) is 48.7 Å². The molecule has 20 heavy (non-hydrogen) atoms. The summed E-state index contributed by atoms with van der Waals surface area (Å²) in [7, 11) is 3.31. The van der Waals surface area contributed by atoms with Gasteiger partial charge in [-0.15, -0.1) is 0 Å². The summed E-state index contributed by atoms with van der Waals surface area (Å²) >= 11 is 0. The van der Waals surface area contributed by atoms with Gasteiger partial charge in [0.1, 0.15) is 11.5 Å². The van der Waals surface area contributed by atoms with Gasteiger partial charge in [-0.05, 0) is 43.0 Å². The van der Waals surface area contributed by atoms with Gasteiger partial charge in [0.25, 0.3) is 0 Å². The van der Waals surface area contributed by atoms with E-state index in [4.69, 9.17) is 9.47 Å². The normalized spacial score (nSPS) is 26.9. The molecule has 3 saturated heterocycles. The van der Waals surface area contributed by atoms with Gasteiger partial charge in [0, 0.05) is 24.4 Å². The van der Waals surface area contributed by atoms with Gasteiger partial charge in [-0.2, -0.15) is 0 Å². The van der Waals surface area contributed by atoms with Crippen LogP contribution in [-0.4, -0.2) is 43.4 Å². The first-order valence-corrected chi connectivity index (χ1v) is 7.09. The number of rotatable bonds is 3. The lowest BCUT2D eigenvalue weighted by Gasteiger charge is -2.46. The molecule has 0 spiro atoms. The van der Waals surface area contributed by atoms with Crippen molar-refractivity contribution in [3.8, 4) is 11.5 Å². The zero-order valence-corrected chi connectivity index (χ0v) is 12.0. The molecule has 108 valence electrons. The Bertz CT molecular complexity index is 514. The molecule has 0 radical (unpaired) electrons. The molecule has 4 rings (SSSR count). The van der Waals surface area contributed by atoms with Crippen LogP contribution in [0.1, 0.15) is 18.4 Å². The van der Waals surface area contributed by atoms with E-state index in [1.807, 2.05) is 24.3 Å². The van der Waals surface area contributed by atoms with Crippen LogP contribution in [0.5, 0.6) is 11.5 Å². The van der Waals surface area contributed by atoms with Gasteiger partial charge in [-0.3, -0.25) is 0 Å². The minimum atomic E-state index is -0.353. The van der Waals surface area contributed by atoms with E-state index in [1.165, 1.54) is 0 Å². The highest BCUT2D eigenvalue weighted by Crippen LogP contribution is 2.37. The number of nitrogens with zero attached hydrogens (tertiary/aromatic N) is 1. The third-order valence-corrected chi connectivity index (χ3v) is 4.39. The fraction of sp³-hybridized carbons (Fsp3) is 0.500. The second kappa shape index (κ2) is 5.37. The van der Waals surface area contributed by atoms with Gasteiger partial charge in [0.05, 0.1) is 20.3 Å². The van der Waals surface area contributed by atoms with Gasteiger partial charge < -0.3 is 19.5 Å². The molecule has 1 atom stereocenters. The van der Waals surface area contributed by atoms with Gasteiger partial charge in [0.15, 0.2) is 0 Å². The Kier molecular flexibility index (Phi) is 3.57. The number of hydrogen-bond acceptors (Lipinski definition) is 4. The third-order valence-electron chi connectivity index (χ3n) is 4.39. The summed E-state index contributed by atoms with van der Waals surface area (Å²) < 4.78 is 10.7. The fourth-order valence-electron chi connectivity index (χ4n) is 3.19. The van der Waals surface area contributed by atoms with Crippen molar-refractivity contribution < 1.29 is 14.6 Å². The van der Waals surface area contributed by atoms with Crippen molar-refractivity contribution in [3.05, 3.63) is 29.5 Å². The predicted octanol–water partition coefficient (Wildman–Crippen LogP) is 2.13. The van der Waals surface area contributed by atoms with Crippen molar-refractivity contribution in [1.29, 1.82) is 0 Å².